The Balaban J connectivity index is 2.10. The molecule has 5 heteroatoms. The lowest BCUT2D eigenvalue weighted by Crippen LogP contribution is -2.09. The maximum absolute atomic E-state index is 4.99. The largest absolute Gasteiger partial charge is 0.472 e. The Morgan fingerprint density at radius 2 is 2.43 bits per heavy atom. The van der Waals surface area contributed by atoms with Gasteiger partial charge >= 0.3 is 0 Å². The molecule has 0 saturated heterocycles. The highest BCUT2D eigenvalue weighted by molar-refractivity contribution is 7.14. The van der Waals surface area contributed by atoms with E-state index in [-0.39, 0.29) is 0 Å². The summed E-state index contributed by atoms with van der Waals surface area (Å²) in [6, 6.07) is 1.89. The van der Waals surface area contributed by atoms with Gasteiger partial charge in [-0.05, 0) is 13.1 Å². The molecule has 0 fully saturated rings. The molecule has 2 aromatic rings. The van der Waals surface area contributed by atoms with Gasteiger partial charge in [-0.25, -0.2) is 0 Å². The van der Waals surface area contributed by atoms with Gasteiger partial charge in [-0.2, -0.15) is 0 Å². The van der Waals surface area contributed by atoms with Gasteiger partial charge < -0.3 is 9.73 Å². The number of likely N-dealkylation sites (N-methyl/N-ethyl adjacent to an activating group) is 1. The van der Waals surface area contributed by atoms with Gasteiger partial charge in [0.25, 0.3) is 0 Å². The van der Waals surface area contributed by atoms with Gasteiger partial charge in [0.1, 0.15) is 11.3 Å². The Morgan fingerprint density at radius 1 is 1.50 bits per heavy atom. The van der Waals surface area contributed by atoms with E-state index >= 15 is 0 Å². The molecule has 4 nitrogen and oxygen atoms in total. The van der Waals surface area contributed by atoms with Crippen LogP contribution in [0.4, 0.5) is 0 Å². The van der Waals surface area contributed by atoms with E-state index < -0.39 is 0 Å². The summed E-state index contributed by atoms with van der Waals surface area (Å²) in [4.78, 5) is 0. The quantitative estimate of drug-likeness (QED) is 0.830. The molecular weight excluding hydrogens is 198 g/mol. The van der Waals surface area contributed by atoms with Crippen molar-refractivity contribution in [1.29, 1.82) is 0 Å². The van der Waals surface area contributed by atoms with Crippen molar-refractivity contribution in [2.24, 2.45) is 0 Å². The first-order valence-electron chi connectivity index (χ1n) is 4.39. The molecule has 0 aliphatic rings. The highest BCUT2D eigenvalue weighted by Gasteiger charge is 2.06. The molecule has 0 aromatic carbocycles. The minimum absolute atomic E-state index is 0.921. The van der Waals surface area contributed by atoms with E-state index in [0.29, 0.717) is 0 Å². The van der Waals surface area contributed by atoms with Crippen LogP contribution in [0.25, 0.3) is 10.6 Å². The third-order valence-corrected chi connectivity index (χ3v) is 2.86. The standard InChI is InChI=1S/C9H11N3OS/c1-10-4-2-8-11-12-9(14-8)7-3-5-13-6-7/h3,5-6,10H,2,4H2,1H3. The third-order valence-electron chi connectivity index (χ3n) is 1.82. The predicted molar refractivity (Wildman–Crippen MR) is 55.2 cm³/mol. The van der Waals surface area contributed by atoms with E-state index in [0.717, 1.165) is 28.5 Å². The first kappa shape index (κ1) is 9.36. The fraction of sp³-hybridized carbons (Fsp3) is 0.333. The van der Waals surface area contributed by atoms with Gasteiger partial charge in [-0.3, -0.25) is 0 Å². The first-order chi connectivity index (χ1) is 6.90. The monoisotopic (exact) mass is 209 g/mol. The Hall–Kier alpha value is -1.20. The molecule has 0 atom stereocenters. The van der Waals surface area contributed by atoms with Crippen molar-refractivity contribution in [1.82, 2.24) is 15.5 Å². The highest BCUT2D eigenvalue weighted by Crippen LogP contribution is 2.23. The molecule has 0 unspecified atom stereocenters. The molecular formula is C9H11N3OS. The molecule has 0 saturated carbocycles. The topological polar surface area (TPSA) is 51.0 Å². The Bertz CT molecular complexity index is 382. The smallest absolute Gasteiger partial charge is 0.151 e. The van der Waals surface area contributed by atoms with Crippen molar-refractivity contribution < 1.29 is 4.42 Å². The highest BCUT2D eigenvalue weighted by atomic mass is 32.1. The van der Waals surface area contributed by atoms with Crippen molar-refractivity contribution in [2.75, 3.05) is 13.6 Å². The van der Waals surface area contributed by atoms with Crippen molar-refractivity contribution in [3.8, 4) is 10.6 Å². The van der Waals surface area contributed by atoms with Crippen molar-refractivity contribution in [3.05, 3.63) is 23.6 Å². The molecule has 74 valence electrons. The number of aromatic nitrogens is 2. The second-order valence-electron chi connectivity index (χ2n) is 2.87. The van der Waals surface area contributed by atoms with E-state index in [9.17, 15) is 0 Å². The van der Waals surface area contributed by atoms with Crippen LogP contribution in [-0.2, 0) is 6.42 Å². The van der Waals surface area contributed by atoms with Crippen LogP contribution in [0, 0.1) is 0 Å². The summed E-state index contributed by atoms with van der Waals surface area (Å²) < 4.78 is 4.99. The van der Waals surface area contributed by atoms with Crippen LogP contribution in [0.1, 0.15) is 5.01 Å². The van der Waals surface area contributed by atoms with E-state index in [1.165, 1.54) is 0 Å². The number of hydrogen-bond donors (Lipinski definition) is 1. The van der Waals surface area contributed by atoms with Crippen LogP contribution in [0.3, 0.4) is 0 Å². The first-order valence-corrected chi connectivity index (χ1v) is 5.21. The average molecular weight is 209 g/mol. The normalized spacial score (nSPS) is 10.6. The molecule has 1 N–H and O–H groups in total. The van der Waals surface area contributed by atoms with Crippen LogP contribution in [0.15, 0.2) is 23.0 Å². The molecule has 0 bridgehead atoms. The lowest BCUT2D eigenvalue weighted by Gasteiger charge is -1.91. The fourth-order valence-electron chi connectivity index (χ4n) is 1.09. The van der Waals surface area contributed by atoms with Crippen LogP contribution in [0.2, 0.25) is 0 Å². The zero-order valence-corrected chi connectivity index (χ0v) is 8.67. The summed E-state index contributed by atoms with van der Waals surface area (Å²) in [7, 11) is 1.93. The van der Waals surface area contributed by atoms with Crippen LogP contribution < -0.4 is 5.32 Å². The van der Waals surface area contributed by atoms with Crippen LogP contribution >= 0.6 is 11.3 Å². The molecule has 0 aliphatic carbocycles. The van der Waals surface area contributed by atoms with Crippen molar-refractivity contribution in [2.45, 2.75) is 6.42 Å². The summed E-state index contributed by atoms with van der Waals surface area (Å²) in [6.07, 6.45) is 4.25. The zero-order chi connectivity index (χ0) is 9.80. The Labute approximate surface area is 86.0 Å². The molecule has 0 radical (unpaired) electrons. The van der Waals surface area contributed by atoms with Gasteiger partial charge in [0.05, 0.1) is 11.8 Å². The van der Waals surface area contributed by atoms with E-state index in [2.05, 4.69) is 15.5 Å². The van der Waals surface area contributed by atoms with E-state index in [1.54, 1.807) is 23.9 Å². The predicted octanol–water partition coefficient (Wildman–Crippen LogP) is 1.56. The lowest BCUT2D eigenvalue weighted by molar-refractivity contribution is 0.568. The van der Waals surface area contributed by atoms with Crippen LogP contribution in [0.5, 0.6) is 0 Å². The molecule has 0 aliphatic heterocycles. The Morgan fingerprint density at radius 3 is 3.14 bits per heavy atom. The maximum atomic E-state index is 4.99. The number of rotatable bonds is 4. The molecule has 2 rings (SSSR count). The fourth-order valence-corrected chi connectivity index (χ4v) is 1.91. The number of furan rings is 1. The molecule has 14 heavy (non-hydrogen) atoms. The average Bonchev–Trinajstić information content (AvgIpc) is 2.85. The second-order valence-corrected chi connectivity index (χ2v) is 3.93. The van der Waals surface area contributed by atoms with Gasteiger partial charge in [-0.1, -0.05) is 11.3 Å². The molecule has 0 amide bonds. The maximum Gasteiger partial charge on any atom is 0.151 e. The minimum Gasteiger partial charge on any atom is -0.472 e. The summed E-state index contributed by atoms with van der Waals surface area (Å²) in [5.74, 6) is 0. The van der Waals surface area contributed by atoms with Gasteiger partial charge in [0.2, 0.25) is 0 Å². The van der Waals surface area contributed by atoms with E-state index in [1.807, 2.05) is 13.1 Å². The number of nitrogens with zero attached hydrogens (tertiary/aromatic N) is 2. The summed E-state index contributed by atoms with van der Waals surface area (Å²) in [5, 5.41) is 13.2. The second kappa shape index (κ2) is 4.34. The third kappa shape index (κ3) is 2.00. The minimum atomic E-state index is 0.921. The van der Waals surface area contributed by atoms with Gasteiger partial charge in [0, 0.05) is 13.0 Å². The summed E-state index contributed by atoms with van der Waals surface area (Å²) in [5.41, 5.74) is 0.998. The van der Waals surface area contributed by atoms with Crippen LogP contribution in [-0.4, -0.2) is 23.8 Å². The van der Waals surface area contributed by atoms with Gasteiger partial charge in [0.15, 0.2) is 5.01 Å². The zero-order valence-electron chi connectivity index (χ0n) is 7.86. The summed E-state index contributed by atoms with van der Waals surface area (Å²) in [6.45, 7) is 0.931. The Kier molecular flexibility index (Phi) is 2.90. The lowest BCUT2D eigenvalue weighted by atomic mass is 10.4. The van der Waals surface area contributed by atoms with E-state index in [4.69, 9.17) is 4.42 Å². The molecule has 2 aromatic heterocycles. The molecule has 0 spiro atoms. The number of hydrogen-bond acceptors (Lipinski definition) is 5. The van der Waals surface area contributed by atoms with Crippen molar-refractivity contribution >= 4 is 11.3 Å². The molecule has 2 heterocycles. The van der Waals surface area contributed by atoms with Crippen molar-refractivity contribution in [3.63, 3.8) is 0 Å². The van der Waals surface area contributed by atoms with Gasteiger partial charge in [-0.15, -0.1) is 10.2 Å². The number of nitrogens with one attached hydrogen (secondary N) is 1. The SMILES string of the molecule is CNCCc1nnc(-c2ccoc2)s1. The summed E-state index contributed by atoms with van der Waals surface area (Å²) >= 11 is 1.61.